The van der Waals surface area contributed by atoms with Crippen molar-refractivity contribution < 1.29 is 28.7 Å². The van der Waals surface area contributed by atoms with E-state index in [9.17, 15) is 19.2 Å². The van der Waals surface area contributed by atoms with E-state index < -0.39 is 29.8 Å². The molecule has 2 heterocycles. The molecule has 0 aliphatic carbocycles. The third-order valence-corrected chi connectivity index (χ3v) is 5.14. The van der Waals surface area contributed by atoms with Crippen molar-refractivity contribution in [3.05, 3.63) is 28.2 Å². The highest BCUT2D eigenvalue weighted by Crippen LogP contribution is 2.11. The highest BCUT2D eigenvalue weighted by molar-refractivity contribution is 5.92. The Morgan fingerprint density at radius 3 is 2.42 bits per heavy atom. The van der Waals surface area contributed by atoms with E-state index in [0.717, 1.165) is 25.7 Å². The van der Waals surface area contributed by atoms with Crippen molar-refractivity contribution in [2.45, 2.75) is 84.5 Å². The number of hydrogen-bond acceptors (Lipinski definition) is 7. The maximum absolute atomic E-state index is 12.5. The lowest BCUT2D eigenvalue weighted by Gasteiger charge is -2.37. The van der Waals surface area contributed by atoms with Crippen molar-refractivity contribution in [3.8, 4) is 5.75 Å². The van der Waals surface area contributed by atoms with Crippen LogP contribution in [0.1, 0.15) is 66.0 Å². The summed E-state index contributed by atoms with van der Waals surface area (Å²) in [6, 6.07) is -0.424. The molecular weight excluding hydrogens is 470 g/mol. The Kier molecular flexibility index (Phi) is 10.9. The molecule has 12 nitrogen and oxygen atoms in total. The molecule has 1 aliphatic heterocycles. The molecule has 0 bridgehead atoms. The lowest BCUT2D eigenvalue weighted by atomic mass is 9.99. The Labute approximate surface area is 211 Å². The molecule has 12 heteroatoms. The second kappa shape index (κ2) is 13.6. The molecule has 1 fully saturated rings. The number of pyridine rings is 1. The first kappa shape index (κ1) is 28.8. The fraction of sp³-hybridized carbons (Fsp3) is 0.667. The molecule has 0 unspecified atom stereocenters. The average molecular weight is 510 g/mol. The molecule has 0 radical (unpaired) electrons. The molecule has 2 atom stereocenters. The summed E-state index contributed by atoms with van der Waals surface area (Å²) in [4.78, 5) is 54.3. The summed E-state index contributed by atoms with van der Waals surface area (Å²) in [5.74, 6) is -0.167. The zero-order chi connectivity index (χ0) is 26.7. The van der Waals surface area contributed by atoms with Gasteiger partial charge in [0, 0.05) is 12.6 Å². The van der Waals surface area contributed by atoms with Crippen LogP contribution < -0.4 is 36.3 Å². The van der Waals surface area contributed by atoms with Gasteiger partial charge in [0.25, 0.3) is 0 Å². The number of hydrogen-bond donors (Lipinski definition) is 4. The first-order chi connectivity index (χ1) is 17.0. The van der Waals surface area contributed by atoms with Crippen molar-refractivity contribution in [2.75, 3.05) is 19.8 Å². The van der Waals surface area contributed by atoms with Gasteiger partial charge in [-0.3, -0.25) is 9.59 Å². The van der Waals surface area contributed by atoms with Crippen LogP contribution in [0, 0.1) is 0 Å². The van der Waals surface area contributed by atoms with Gasteiger partial charge in [-0.05, 0) is 33.6 Å². The van der Waals surface area contributed by atoms with Gasteiger partial charge in [0.2, 0.25) is 11.3 Å². The SMILES string of the molecule is CCCCOc1cn(OCCCC)c(CNC(=O)NC[C@H]2NC(=O)[C@H]2NC(=O)OC(C)(C)C)cc1=O. The molecule has 4 N–H and O–H groups in total. The van der Waals surface area contributed by atoms with Crippen LogP contribution in [0.2, 0.25) is 0 Å². The highest BCUT2D eigenvalue weighted by Gasteiger charge is 2.41. The number of nitrogens with zero attached hydrogens (tertiary/aromatic N) is 1. The second-order valence-corrected chi connectivity index (χ2v) is 9.51. The lowest BCUT2D eigenvalue weighted by Crippen LogP contribution is -2.72. The Morgan fingerprint density at radius 2 is 1.78 bits per heavy atom. The number of urea groups is 1. The van der Waals surface area contributed by atoms with Crippen molar-refractivity contribution in [2.24, 2.45) is 0 Å². The van der Waals surface area contributed by atoms with Gasteiger partial charge in [0.15, 0.2) is 5.75 Å². The number of aromatic nitrogens is 1. The zero-order valence-corrected chi connectivity index (χ0v) is 21.8. The molecule has 1 aliphatic rings. The standard InChI is InChI=1S/C24H39N5O7/c1-6-8-10-34-19-15-29(35-11-9-7-2)16(12-18(19)30)13-25-22(32)26-14-17-20(21(31)27-17)28-23(33)36-24(3,4)5/h12,15,17,20H,6-11,13-14H2,1-5H3,(H,27,31)(H,28,33)(H2,25,26,32)/t17-,20+/m1/s1. The minimum Gasteiger partial charge on any atom is -0.488 e. The maximum Gasteiger partial charge on any atom is 0.408 e. The summed E-state index contributed by atoms with van der Waals surface area (Å²) in [5, 5.41) is 10.5. The van der Waals surface area contributed by atoms with Crippen molar-refractivity contribution >= 4 is 18.0 Å². The van der Waals surface area contributed by atoms with E-state index in [1.807, 2.05) is 13.8 Å². The van der Waals surface area contributed by atoms with Gasteiger partial charge < -0.3 is 35.6 Å². The number of alkyl carbamates (subject to hydrolysis) is 1. The fourth-order valence-corrected chi connectivity index (χ4v) is 3.18. The van der Waals surface area contributed by atoms with Crippen LogP contribution in [0.3, 0.4) is 0 Å². The Hall–Kier alpha value is -3.44. The number of β-lactam (4-membered cyclic amide) rings is 1. The third kappa shape index (κ3) is 9.31. The van der Waals surface area contributed by atoms with Gasteiger partial charge in [-0.2, -0.15) is 4.73 Å². The summed E-state index contributed by atoms with van der Waals surface area (Å²) in [5.41, 5.74) is -0.541. The number of carbonyl (C=O) groups is 3. The highest BCUT2D eigenvalue weighted by atomic mass is 16.7. The normalized spacial score (nSPS) is 16.9. The maximum atomic E-state index is 12.5. The van der Waals surface area contributed by atoms with Crippen LogP contribution in [0.4, 0.5) is 9.59 Å². The second-order valence-electron chi connectivity index (χ2n) is 9.51. The lowest BCUT2D eigenvalue weighted by molar-refractivity contribution is -0.131. The van der Waals surface area contributed by atoms with E-state index in [2.05, 4.69) is 21.3 Å². The van der Waals surface area contributed by atoms with Gasteiger partial charge in [0.05, 0.1) is 31.1 Å². The average Bonchev–Trinajstić information content (AvgIpc) is 2.80. The Balaban J connectivity index is 1.91. The molecule has 1 aromatic heterocycles. The largest absolute Gasteiger partial charge is 0.488 e. The summed E-state index contributed by atoms with van der Waals surface area (Å²) in [6.07, 6.45) is 4.34. The Morgan fingerprint density at radius 1 is 1.08 bits per heavy atom. The number of ether oxygens (including phenoxy) is 2. The van der Waals surface area contributed by atoms with Crippen LogP contribution in [0.15, 0.2) is 17.1 Å². The number of unbranched alkanes of at least 4 members (excludes halogenated alkanes) is 2. The topological polar surface area (TPSA) is 149 Å². The summed E-state index contributed by atoms with van der Waals surface area (Å²) >= 11 is 0. The first-order valence-electron chi connectivity index (χ1n) is 12.4. The van der Waals surface area contributed by atoms with E-state index in [0.29, 0.717) is 18.9 Å². The van der Waals surface area contributed by atoms with Crippen LogP contribution in [-0.4, -0.2) is 60.2 Å². The minimum absolute atomic E-state index is 0.0268. The van der Waals surface area contributed by atoms with Crippen molar-refractivity contribution in [3.63, 3.8) is 0 Å². The molecule has 1 aromatic rings. The summed E-state index contributed by atoms with van der Waals surface area (Å²) in [7, 11) is 0. The molecule has 36 heavy (non-hydrogen) atoms. The van der Waals surface area contributed by atoms with Gasteiger partial charge in [-0.25, -0.2) is 9.59 Å². The molecule has 2 rings (SSSR count). The van der Waals surface area contributed by atoms with Gasteiger partial charge in [-0.15, -0.1) is 0 Å². The molecule has 0 aromatic carbocycles. The van der Waals surface area contributed by atoms with Crippen LogP contribution in [0.5, 0.6) is 5.75 Å². The number of nitrogens with one attached hydrogen (secondary N) is 4. The number of rotatable bonds is 13. The number of amides is 4. The van der Waals surface area contributed by atoms with Crippen LogP contribution in [-0.2, 0) is 16.1 Å². The molecule has 0 saturated carbocycles. The molecule has 202 valence electrons. The first-order valence-corrected chi connectivity index (χ1v) is 12.4. The van der Waals surface area contributed by atoms with Crippen molar-refractivity contribution in [1.82, 2.24) is 26.0 Å². The number of carbonyl (C=O) groups excluding carboxylic acids is 3. The van der Waals surface area contributed by atoms with E-state index >= 15 is 0 Å². The van der Waals surface area contributed by atoms with E-state index in [1.54, 1.807) is 20.8 Å². The van der Waals surface area contributed by atoms with Crippen LogP contribution >= 0.6 is 0 Å². The predicted octanol–water partition coefficient (Wildman–Crippen LogP) is 1.45. The quantitative estimate of drug-likeness (QED) is 0.232. The van der Waals surface area contributed by atoms with Gasteiger partial charge in [-0.1, -0.05) is 26.7 Å². The molecule has 0 spiro atoms. The molecule has 4 amide bonds. The monoisotopic (exact) mass is 509 g/mol. The van der Waals surface area contributed by atoms with Gasteiger partial charge >= 0.3 is 12.1 Å². The fourth-order valence-electron chi connectivity index (χ4n) is 3.18. The van der Waals surface area contributed by atoms with E-state index in [1.165, 1.54) is 17.0 Å². The minimum atomic E-state index is -0.808. The summed E-state index contributed by atoms with van der Waals surface area (Å²) < 4.78 is 12.2. The third-order valence-electron chi connectivity index (χ3n) is 5.14. The van der Waals surface area contributed by atoms with E-state index in [4.69, 9.17) is 14.3 Å². The molecule has 1 saturated heterocycles. The smallest absolute Gasteiger partial charge is 0.408 e. The van der Waals surface area contributed by atoms with E-state index in [-0.39, 0.29) is 30.2 Å². The van der Waals surface area contributed by atoms with Gasteiger partial charge in [0.1, 0.15) is 18.2 Å². The Bertz CT molecular complexity index is 957. The van der Waals surface area contributed by atoms with Crippen LogP contribution in [0.25, 0.3) is 0 Å². The zero-order valence-electron chi connectivity index (χ0n) is 21.8. The van der Waals surface area contributed by atoms with Crippen molar-refractivity contribution in [1.29, 1.82) is 0 Å². The predicted molar refractivity (Wildman–Crippen MR) is 133 cm³/mol. The molecular formula is C24H39N5O7. The summed E-state index contributed by atoms with van der Waals surface area (Å²) in [6.45, 7) is 10.2.